The van der Waals surface area contributed by atoms with E-state index in [1.165, 1.54) is 4.90 Å². The number of aliphatic hydroxyl groups is 2. The van der Waals surface area contributed by atoms with Crippen molar-refractivity contribution in [3.63, 3.8) is 0 Å². The summed E-state index contributed by atoms with van der Waals surface area (Å²) >= 11 is 12.3. The predicted molar refractivity (Wildman–Crippen MR) is 138 cm³/mol. The molecule has 1 fully saturated rings. The molecule has 1 aromatic heterocycles. The summed E-state index contributed by atoms with van der Waals surface area (Å²) in [5.41, 5.74) is 3.29. The summed E-state index contributed by atoms with van der Waals surface area (Å²) in [5, 5.41) is 24.7. The second kappa shape index (κ2) is 11.4. The van der Waals surface area contributed by atoms with E-state index < -0.39 is 30.1 Å². The molecule has 1 aliphatic heterocycles. The van der Waals surface area contributed by atoms with Gasteiger partial charge in [0.05, 0.1) is 12.1 Å². The van der Waals surface area contributed by atoms with Crippen LogP contribution >= 0.6 is 23.2 Å². The fraction of sp³-hybridized carbons (Fsp3) is 0.296. The van der Waals surface area contributed by atoms with Gasteiger partial charge >= 0.3 is 0 Å². The normalized spacial score (nSPS) is 17.9. The van der Waals surface area contributed by atoms with Gasteiger partial charge in [0, 0.05) is 23.3 Å². The summed E-state index contributed by atoms with van der Waals surface area (Å²) in [6, 6.07) is 17.5. The Kier molecular flexibility index (Phi) is 8.26. The van der Waals surface area contributed by atoms with Gasteiger partial charge < -0.3 is 20.4 Å². The fourth-order valence-electron chi connectivity index (χ4n) is 4.47. The summed E-state index contributed by atoms with van der Waals surface area (Å²) in [5.74, 6) is -1.52. The Morgan fingerprint density at radius 1 is 1.06 bits per heavy atom. The standard InChI is InChI=1S/C27H27Cl2N3O4/c1-16(17-9-11-18(12-10-17)21-7-3-13-30-25(21)29)31-26(35)23(33)24(34)27(36)32-14-4-8-22(32)19-5-2-6-20(28)15-19/h2-3,5-7,9-13,15-16,22-24,33-34H,4,8,14H2,1H3,(H,31,35)/t16-,22-,23-,24-/m1/s1. The summed E-state index contributed by atoms with van der Waals surface area (Å²) in [6.07, 6.45) is -0.724. The molecule has 0 unspecified atom stereocenters. The highest BCUT2D eigenvalue weighted by Crippen LogP contribution is 2.34. The Hall–Kier alpha value is -2.97. The number of halogens is 2. The summed E-state index contributed by atoms with van der Waals surface area (Å²) in [7, 11) is 0. The minimum atomic E-state index is -1.91. The third-order valence-electron chi connectivity index (χ3n) is 6.43. The second-order valence-electron chi connectivity index (χ2n) is 8.83. The molecule has 4 rings (SSSR count). The molecule has 4 atom stereocenters. The second-order valence-corrected chi connectivity index (χ2v) is 9.62. The number of rotatable bonds is 7. The van der Waals surface area contributed by atoms with E-state index in [0.29, 0.717) is 23.1 Å². The first-order valence-corrected chi connectivity index (χ1v) is 12.4. The molecule has 36 heavy (non-hydrogen) atoms. The number of hydrogen-bond donors (Lipinski definition) is 3. The van der Waals surface area contributed by atoms with Gasteiger partial charge in [-0.15, -0.1) is 0 Å². The first-order valence-electron chi connectivity index (χ1n) is 11.7. The monoisotopic (exact) mass is 527 g/mol. The van der Waals surface area contributed by atoms with Gasteiger partial charge in [-0.1, -0.05) is 59.6 Å². The van der Waals surface area contributed by atoms with Gasteiger partial charge in [-0.25, -0.2) is 4.98 Å². The molecule has 188 valence electrons. The number of carbonyl (C=O) groups is 2. The van der Waals surface area contributed by atoms with Crippen molar-refractivity contribution in [1.29, 1.82) is 0 Å². The van der Waals surface area contributed by atoms with Crippen LogP contribution in [0.5, 0.6) is 0 Å². The summed E-state index contributed by atoms with van der Waals surface area (Å²) in [6.45, 7) is 2.17. The Bertz CT molecular complexity index is 1240. The first kappa shape index (κ1) is 26.1. The van der Waals surface area contributed by atoms with E-state index in [-0.39, 0.29) is 6.04 Å². The van der Waals surface area contributed by atoms with Crippen LogP contribution in [0.2, 0.25) is 10.2 Å². The molecular weight excluding hydrogens is 501 g/mol. The van der Waals surface area contributed by atoms with Gasteiger partial charge in [0.15, 0.2) is 12.2 Å². The molecule has 2 aromatic carbocycles. The maximum Gasteiger partial charge on any atom is 0.255 e. The van der Waals surface area contributed by atoms with Crippen LogP contribution in [0.4, 0.5) is 0 Å². The van der Waals surface area contributed by atoms with E-state index in [0.717, 1.165) is 28.7 Å². The molecule has 2 heterocycles. The number of likely N-dealkylation sites (tertiary alicyclic amines) is 1. The number of amides is 2. The highest BCUT2D eigenvalue weighted by molar-refractivity contribution is 6.32. The molecule has 1 aliphatic rings. The van der Waals surface area contributed by atoms with E-state index in [1.54, 1.807) is 37.4 Å². The summed E-state index contributed by atoms with van der Waals surface area (Å²) < 4.78 is 0. The zero-order chi connectivity index (χ0) is 25.8. The molecule has 0 bridgehead atoms. The number of hydrogen-bond acceptors (Lipinski definition) is 5. The van der Waals surface area contributed by atoms with Crippen LogP contribution in [0.3, 0.4) is 0 Å². The Morgan fingerprint density at radius 3 is 2.50 bits per heavy atom. The Morgan fingerprint density at radius 2 is 1.81 bits per heavy atom. The lowest BCUT2D eigenvalue weighted by atomic mass is 10.0. The number of nitrogens with zero attached hydrogens (tertiary/aromatic N) is 2. The van der Waals surface area contributed by atoms with Crippen LogP contribution < -0.4 is 5.32 Å². The molecule has 0 radical (unpaired) electrons. The minimum absolute atomic E-state index is 0.271. The first-order chi connectivity index (χ1) is 17.3. The van der Waals surface area contributed by atoms with Crippen molar-refractivity contribution in [2.75, 3.05) is 6.54 Å². The van der Waals surface area contributed by atoms with Crippen LogP contribution in [-0.2, 0) is 9.59 Å². The average molecular weight is 528 g/mol. The third kappa shape index (κ3) is 5.71. The van der Waals surface area contributed by atoms with Crippen LogP contribution in [0.25, 0.3) is 11.1 Å². The van der Waals surface area contributed by atoms with Crippen LogP contribution in [-0.4, -0.2) is 50.7 Å². The molecule has 1 saturated heterocycles. The van der Waals surface area contributed by atoms with Gasteiger partial charge in [0.2, 0.25) is 0 Å². The summed E-state index contributed by atoms with van der Waals surface area (Å²) in [4.78, 5) is 31.3. The Balaban J connectivity index is 1.39. The highest BCUT2D eigenvalue weighted by Gasteiger charge is 2.38. The zero-order valence-corrected chi connectivity index (χ0v) is 21.2. The fourth-order valence-corrected chi connectivity index (χ4v) is 4.90. The lowest BCUT2D eigenvalue weighted by Crippen LogP contribution is -2.50. The molecule has 3 aromatic rings. The van der Waals surface area contributed by atoms with Crippen molar-refractivity contribution in [2.45, 2.75) is 44.1 Å². The highest BCUT2D eigenvalue weighted by atomic mass is 35.5. The lowest BCUT2D eigenvalue weighted by molar-refractivity contribution is -0.154. The number of aromatic nitrogens is 1. The van der Waals surface area contributed by atoms with Crippen LogP contribution in [0, 0.1) is 0 Å². The molecule has 7 nitrogen and oxygen atoms in total. The quantitative estimate of drug-likeness (QED) is 0.397. The van der Waals surface area contributed by atoms with Crippen molar-refractivity contribution in [2.24, 2.45) is 0 Å². The number of benzene rings is 2. The van der Waals surface area contributed by atoms with Gasteiger partial charge in [-0.3, -0.25) is 9.59 Å². The smallest absolute Gasteiger partial charge is 0.255 e. The largest absolute Gasteiger partial charge is 0.380 e. The minimum Gasteiger partial charge on any atom is -0.380 e. The van der Waals surface area contributed by atoms with Crippen molar-refractivity contribution in [1.82, 2.24) is 15.2 Å². The van der Waals surface area contributed by atoms with Crippen molar-refractivity contribution in [3.8, 4) is 11.1 Å². The third-order valence-corrected chi connectivity index (χ3v) is 6.97. The van der Waals surface area contributed by atoms with Crippen LogP contribution in [0.15, 0.2) is 66.9 Å². The van der Waals surface area contributed by atoms with E-state index in [2.05, 4.69) is 10.3 Å². The molecule has 3 N–H and O–H groups in total. The van der Waals surface area contributed by atoms with Gasteiger partial charge in [-0.05, 0) is 60.7 Å². The van der Waals surface area contributed by atoms with E-state index >= 15 is 0 Å². The number of aliphatic hydroxyl groups excluding tert-OH is 2. The molecule has 0 aliphatic carbocycles. The lowest BCUT2D eigenvalue weighted by Gasteiger charge is -2.29. The number of carbonyl (C=O) groups excluding carboxylic acids is 2. The molecule has 0 saturated carbocycles. The molecular formula is C27H27Cl2N3O4. The SMILES string of the molecule is C[C@@H](NC(=O)[C@H](O)[C@@H](O)C(=O)N1CCC[C@@H]1c1cccc(Cl)c1)c1ccc(-c2cccnc2Cl)cc1. The maximum absolute atomic E-state index is 13.0. The molecule has 0 spiro atoms. The maximum atomic E-state index is 13.0. The zero-order valence-electron chi connectivity index (χ0n) is 19.6. The van der Waals surface area contributed by atoms with Crippen LogP contribution in [0.1, 0.15) is 43.0 Å². The van der Waals surface area contributed by atoms with E-state index in [9.17, 15) is 19.8 Å². The van der Waals surface area contributed by atoms with E-state index in [1.807, 2.05) is 36.4 Å². The average Bonchev–Trinajstić information content (AvgIpc) is 3.38. The number of pyridine rings is 1. The van der Waals surface area contributed by atoms with Crippen molar-refractivity contribution >= 4 is 35.0 Å². The molecule has 9 heteroatoms. The van der Waals surface area contributed by atoms with Gasteiger partial charge in [-0.2, -0.15) is 0 Å². The van der Waals surface area contributed by atoms with Gasteiger partial charge in [0.25, 0.3) is 11.8 Å². The van der Waals surface area contributed by atoms with Crippen molar-refractivity contribution in [3.05, 3.63) is 88.2 Å². The topological polar surface area (TPSA) is 103 Å². The molecule has 2 amide bonds. The predicted octanol–water partition coefficient (Wildman–Crippen LogP) is 4.32. The van der Waals surface area contributed by atoms with E-state index in [4.69, 9.17) is 23.2 Å². The van der Waals surface area contributed by atoms with Crippen molar-refractivity contribution < 1.29 is 19.8 Å². The number of nitrogens with one attached hydrogen (secondary N) is 1. The van der Waals surface area contributed by atoms with Gasteiger partial charge in [0.1, 0.15) is 5.15 Å². The Labute approximate surface area is 219 Å².